The van der Waals surface area contributed by atoms with E-state index in [1.165, 1.54) is 6.07 Å². The van der Waals surface area contributed by atoms with Crippen LogP contribution in [0.25, 0.3) is 0 Å². The summed E-state index contributed by atoms with van der Waals surface area (Å²) in [5.74, 6) is 0.0508. The number of benzene rings is 1. The van der Waals surface area contributed by atoms with E-state index in [0.29, 0.717) is 18.5 Å². The smallest absolute Gasteiger partial charge is 0.128 e. The standard InChI is InChI=1S/C13H15F2N3/c1-9(11-8-10(14)2-3-12(11)15)16-5-4-13-17-6-7-18-13/h2-3,6-9,16H,4-5H2,1H3,(H,17,18). The van der Waals surface area contributed by atoms with Crippen molar-refractivity contribution in [3.63, 3.8) is 0 Å². The summed E-state index contributed by atoms with van der Waals surface area (Å²) in [4.78, 5) is 7.07. The van der Waals surface area contributed by atoms with Crippen LogP contribution in [-0.2, 0) is 6.42 Å². The fraction of sp³-hybridized carbons (Fsp3) is 0.308. The highest BCUT2D eigenvalue weighted by Gasteiger charge is 2.11. The zero-order valence-corrected chi connectivity index (χ0v) is 10.1. The van der Waals surface area contributed by atoms with Crippen molar-refractivity contribution in [2.24, 2.45) is 0 Å². The van der Waals surface area contributed by atoms with Gasteiger partial charge in [-0.1, -0.05) is 0 Å². The lowest BCUT2D eigenvalue weighted by Crippen LogP contribution is -2.22. The predicted octanol–water partition coefficient (Wildman–Crippen LogP) is 2.58. The van der Waals surface area contributed by atoms with E-state index >= 15 is 0 Å². The fourth-order valence-electron chi connectivity index (χ4n) is 1.80. The number of hydrogen-bond acceptors (Lipinski definition) is 2. The van der Waals surface area contributed by atoms with E-state index in [-0.39, 0.29) is 6.04 Å². The van der Waals surface area contributed by atoms with Crippen LogP contribution in [-0.4, -0.2) is 16.5 Å². The molecule has 0 saturated heterocycles. The molecule has 1 aromatic heterocycles. The Morgan fingerprint density at radius 1 is 1.39 bits per heavy atom. The predicted molar refractivity (Wildman–Crippen MR) is 65.1 cm³/mol. The van der Waals surface area contributed by atoms with Crippen molar-refractivity contribution in [1.82, 2.24) is 15.3 Å². The third-order valence-corrected chi connectivity index (χ3v) is 2.79. The van der Waals surface area contributed by atoms with Gasteiger partial charge in [-0.3, -0.25) is 0 Å². The molecule has 0 aliphatic heterocycles. The molecule has 1 heterocycles. The second kappa shape index (κ2) is 5.73. The molecule has 1 aromatic carbocycles. The molecule has 0 amide bonds. The first-order valence-electron chi connectivity index (χ1n) is 5.83. The Balaban J connectivity index is 1.91. The molecule has 3 nitrogen and oxygen atoms in total. The number of aromatic amines is 1. The maximum absolute atomic E-state index is 13.5. The first kappa shape index (κ1) is 12.7. The molecule has 18 heavy (non-hydrogen) atoms. The zero-order chi connectivity index (χ0) is 13.0. The first-order chi connectivity index (χ1) is 8.66. The molecule has 0 aliphatic carbocycles. The van der Waals surface area contributed by atoms with Crippen molar-refractivity contribution in [3.05, 3.63) is 53.6 Å². The molecule has 2 rings (SSSR count). The van der Waals surface area contributed by atoms with Crippen molar-refractivity contribution >= 4 is 0 Å². The van der Waals surface area contributed by atoms with Crippen LogP contribution in [0.15, 0.2) is 30.6 Å². The third kappa shape index (κ3) is 3.13. The van der Waals surface area contributed by atoms with Crippen molar-refractivity contribution in [1.29, 1.82) is 0 Å². The van der Waals surface area contributed by atoms with E-state index < -0.39 is 11.6 Å². The molecule has 0 spiro atoms. The number of H-pyrrole nitrogens is 1. The Hall–Kier alpha value is -1.75. The average Bonchev–Trinajstić information content (AvgIpc) is 2.85. The summed E-state index contributed by atoms with van der Waals surface area (Å²) in [6.07, 6.45) is 4.16. The lowest BCUT2D eigenvalue weighted by Gasteiger charge is -2.14. The maximum Gasteiger partial charge on any atom is 0.128 e. The van der Waals surface area contributed by atoms with Gasteiger partial charge >= 0.3 is 0 Å². The number of halogens is 2. The molecular formula is C13H15F2N3. The quantitative estimate of drug-likeness (QED) is 0.857. The highest BCUT2D eigenvalue weighted by Crippen LogP contribution is 2.17. The van der Waals surface area contributed by atoms with Gasteiger partial charge < -0.3 is 10.3 Å². The number of nitrogens with one attached hydrogen (secondary N) is 2. The summed E-state index contributed by atoms with van der Waals surface area (Å²) >= 11 is 0. The molecule has 0 radical (unpaired) electrons. The van der Waals surface area contributed by atoms with Gasteiger partial charge in [0.2, 0.25) is 0 Å². The van der Waals surface area contributed by atoms with Crippen LogP contribution < -0.4 is 5.32 Å². The van der Waals surface area contributed by atoms with Gasteiger partial charge in [0.25, 0.3) is 0 Å². The van der Waals surface area contributed by atoms with E-state index in [1.54, 1.807) is 19.3 Å². The van der Waals surface area contributed by atoms with Gasteiger partial charge in [-0.15, -0.1) is 0 Å². The van der Waals surface area contributed by atoms with Crippen molar-refractivity contribution < 1.29 is 8.78 Å². The van der Waals surface area contributed by atoms with E-state index in [0.717, 1.165) is 18.0 Å². The van der Waals surface area contributed by atoms with Gasteiger partial charge in [-0.05, 0) is 25.1 Å². The Bertz CT molecular complexity index is 497. The molecule has 0 bridgehead atoms. The largest absolute Gasteiger partial charge is 0.349 e. The molecule has 0 aliphatic rings. The van der Waals surface area contributed by atoms with Crippen molar-refractivity contribution in [2.75, 3.05) is 6.54 Å². The van der Waals surface area contributed by atoms with Gasteiger partial charge in [-0.25, -0.2) is 13.8 Å². The Kier molecular flexibility index (Phi) is 4.04. The van der Waals surface area contributed by atoms with Crippen LogP contribution >= 0.6 is 0 Å². The van der Waals surface area contributed by atoms with Gasteiger partial charge in [0.15, 0.2) is 0 Å². The molecule has 2 aromatic rings. The molecule has 0 saturated carbocycles. The van der Waals surface area contributed by atoms with Gasteiger partial charge in [0.1, 0.15) is 17.5 Å². The molecule has 5 heteroatoms. The molecule has 1 unspecified atom stereocenters. The fourth-order valence-corrected chi connectivity index (χ4v) is 1.80. The molecular weight excluding hydrogens is 236 g/mol. The summed E-state index contributed by atoms with van der Waals surface area (Å²) in [5, 5.41) is 3.14. The number of imidazole rings is 1. The number of nitrogens with zero attached hydrogens (tertiary/aromatic N) is 1. The summed E-state index contributed by atoms with van der Waals surface area (Å²) < 4.78 is 26.5. The number of rotatable bonds is 5. The summed E-state index contributed by atoms with van der Waals surface area (Å²) in [5.41, 5.74) is 0.342. The monoisotopic (exact) mass is 251 g/mol. The zero-order valence-electron chi connectivity index (χ0n) is 10.1. The van der Waals surface area contributed by atoms with Crippen LogP contribution in [0.1, 0.15) is 24.4 Å². The highest BCUT2D eigenvalue weighted by atomic mass is 19.1. The topological polar surface area (TPSA) is 40.7 Å². The van der Waals surface area contributed by atoms with Crippen LogP contribution in [0.4, 0.5) is 8.78 Å². The van der Waals surface area contributed by atoms with E-state index in [9.17, 15) is 8.78 Å². The van der Waals surface area contributed by atoms with Crippen LogP contribution in [0, 0.1) is 11.6 Å². The van der Waals surface area contributed by atoms with Crippen LogP contribution in [0.5, 0.6) is 0 Å². The number of aromatic nitrogens is 2. The minimum absolute atomic E-state index is 0.240. The molecule has 0 fully saturated rings. The summed E-state index contributed by atoms with van der Waals surface area (Å²) in [6.45, 7) is 2.45. The van der Waals surface area contributed by atoms with Crippen molar-refractivity contribution in [2.45, 2.75) is 19.4 Å². The van der Waals surface area contributed by atoms with E-state index in [4.69, 9.17) is 0 Å². The maximum atomic E-state index is 13.5. The first-order valence-corrected chi connectivity index (χ1v) is 5.83. The van der Waals surface area contributed by atoms with Gasteiger partial charge in [0.05, 0.1) is 0 Å². The number of hydrogen-bond donors (Lipinski definition) is 2. The second-order valence-corrected chi connectivity index (χ2v) is 4.13. The normalized spacial score (nSPS) is 12.6. The molecule has 96 valence electrons. The Morgan fingerprint density at radius 2 is 2.22 bits per heavy atom. The Labute approximate surface area is 104 Å². The minimum atomic E-state index is -0.425. The average molecular weight is 251 g/mol. The summed E-state index contributed by atoms with van der Waals surface area (Å²) in [7, 11) is 0. The van der Waals surface area contributed by atoms with E-state index in [2.05, 4.69) is 15.3 Å². The molecule has 2 N–H and O–H groups in total. The second-order valence-electron chi connectivity index (χ2n) is 4.13. The Morgan fingerprint density at radius 3 is 2.94 bits per heavy atom. The highest BCUT2D eigenvalue weighted by molar-refractivity contribution is 5.21. The van der Waals surface area contributed by atoms with Gasteiger partial charge in [-0.2, -0.15) is 0 Å². The minimum Gasteiger partial charge on any atom is -0.349 e. The van der Waals surface area contributed by atoms with E-state index in [1.807, 2.05) is 0 Å². The SMILES string of the molecule is CC(NCCc1ncc[nH]1)c1cc(F)ccc1F. The van der Waals surface area contributed by atoms with Crippen molar-refractivity contribution in [3.8, 4) is 0 Å². The lowest BCUT2D eigenvalue weighted by molar-refractivity contribution is 0.519. The summed E-state index contributed by atoms with van der Waals surface area (Å²) in [6, 6.07) is 3.25. The molecule has 1 atom stereocenters. The lowest BCUT2D eigenvalue weighted by atomic mass is 10.1. The van der Waals surface area contributed by atoms with Crippen LogP contribution in [0.3, 0.4) is 0 Å². The third-order valence-electron chi connectivity index (χ3n) is 2.79. The van der Waals surface area contributed by atoms with Crippen LogP contribution in [0.2, 0.25) is 0 Å². The van der Waals surface area contributed by atoms with Gasteiger partial charge in [0, 0.05) is 37.0 Å².